The second-order valence-electron chi connectivity index (χ2n) is 4.48. The van der Waals surface area contributed by atoms with Crippen LogP contribution in [0.1, 0.15) is 21.7 Å². The fourth-order valence-corrected chi connectivity index (χ4v) is 2.08. The first-order valence-corrected chi connectivity index (χ1v) is 6.12. The Morgan fingerprint density at radius 3 is 3.00 bits per heavy atom. The number of benzene rings is 1. The molecule has 2 aromatic heterocycles. The normalized spacial score (nSPS) is 11.5. The maximum Gasteiger partial charge on any atom is 0.357 e. The van der Waals surface area contributed by atoms with Gasteiger partial charge in [0, 0.05) is 10.9 Å². The van der Waals surface area contributed by atoms with Crippen LogP contribution in [0, 0.1) is 6.92 Å². The largest absolute Gasteiger partial charge is 0.476 e. The van der Waals surface area contributed by atoms with Crippen LogP contribution in [0.4, 0.5) is 5.95 Å². The van der Waals surface area contributed by atoms with Crippen molar-refractivity contribution < 1.29 is 9.90 Å². The molecule has 0 amide bonds. The number of nitrogen functional groups attached to an aromatic ring is 1. The van der Waals surface area contributed by atoms with Crippen molar-refractivity contribution in [3.63, 3.8) is 0 Å². The van der Waals surface area contributed by atoms with Gasteiger partial charge in [-0.25, -0.2) is 14.5 Å². The number of carboxylic acid groups (broad SMARTS) is 1. The predicted octanol–water partition coefficient (Wildman–Crippen LogP) is 1.23. The molecular weight excluding hydrogens is 272 g/mol. The first-order valence-electron chi connectivity index (χ1n) is 6.12. The first kappa shape index (κ1) is 12.9. The van der Waals surface area contributed by atoms with E-state index in [0.717, 1.165) is 5.69 Å². The van der Waals surface area contributed by atoms with Crippen molar-refractivity contribution in [1.82, 2.24) is 19.9 Å². The van der Waals surface area contributed by atoms with Crippen LogP contribution in [-0.2, 0) is 0 Å². The van der Waals surface area contributed by atoms with Crippen LogP contribution >= 0.6 is 0 Å². The third-order valence-corrected chi connectivity index (χ3v) is 2.98. The summed E-state index contributed by atoms with van der Waals surface area (Å²) in [5, 5.41) is 20.4. The van der Waals surface area contributed by atoms with Gasteiger partial charge >= 0.3 is 5.97 Å². The second-order valence-corrected chi connectivity index (χ2v) is 4.48. The Bertz CT molecular complexity index is 861. The van der Waals surface area contributed by atoms with Crippen molar-refractivity contribution in [2.45, 2.75) is 6.92 Å². The molecule has 4 N–H and O–H groups in total. The van der Waals surface area contributed by atoms with Crippen LogP contribution < -0.4 is 5.73 Å². The Morgan fingerprint density at radius 2 is 2.33 bits per heavy atom. The molecule has 8 heteroatoms. The van der Waals surface area contributed by atoms with Crippen LogP contribution in [0.2, 0.25) is 0 Å². The molecule has 0 aliphatic heterocycles. The van der Waals surface area contributed by atoms with Gasteiger partial charge in [-0.1, -0.05) is 12.1 Å². The van der Waals surface area contributed by atoms with E-state index in [9.17, 15) is 4.79 Å². The van der Waals surface area contributed by atoms with Gasteiger partial charge < -0.3 is 10.8 Å². The maximum absolute atomic E-state index is 11.2. The number of aromatic nitrogens is 4. The van der Waals surface area contributed by atoms with E-state index in [0.29, 0.717) is 16.5 Å². The number of aromatic amines is 1. The topological polar surface area (TPSA) is 122 Å². The van der Waals surface area contributed by atoms with E-state index in [2.05, 4.69) is 20.3 Å². The highest BCUT2D eigenvalue weighted by atomic mass is 16.4. The molecule has 0 aliphatic carbocycles. The van der Waals surface area contributed by atoms with E-state index in [4.69, 9.17) is 10.8 Å². The Balaban J connectivity index is 2.10. The number of hydrogen-bond acceptors (Lipinski definition) is 5. The molecule has 0 atom stereocenters. The van der Waals surface area contributed by atoms with Crippen molar-refractivity contribution in [3.05, 3.63) is 41.3 Å². The number of hydrogen-bond donors (Lipinski definition) is 3. The van der Waals surface area contributed by atoms with E-state index < -0.39 is 5.97 Å². The van der Waals surface area contributed by atoms with E-state index >= 15 is 0 Å². The van der Waals surface area contributed by atoms with Crippen LogP contribution in [-0.4, -0.2) is 37.1 Å². The number of carbonyl (C=O) groups is 1. The summed E-state index contributed by atoms with van der Waals surface area (Å²) < 4.78 is 1.43. The minimum atomic E-state index is -1.10. The lowest BCUT2D eigenvalue weighted by Crippen LogP contribution is -2.00. The number of carboxylic acids is 1. The first-order chi connectivity index (χ1) is 10.1. The number of fused-ring (bicyclic) bond motifs is 1. The lowest BCUT2D eigenvalue weighted by molar-refractivity contribution is 0.0692. The zero-order valence-electron chi connectivity index (χ0n) is 11.1. The highest BCUT2D eigenvalue weighted by Crippen LogP contribution is 2.19. The summed E-state index contributed by atoms with van der Waals surface area (Å²) in [7, 11) is 0. The van der Waals surface area contributed by atoms with Crippen molar-refractivity contribution >= 4 is 29.0 Å². The van der Waals surface area contributed by atoms with Gasteiger partial charge in [0.1, 0.15) is 0 Å². The van der Waals surface area contributed by atoms with Gasteiger partial charge in [0.05, 0.1) is 23.6 Å². The number of anilines is 1. The lowest BCUT2D eigenvalue weighted by atomic mass is 10.1. The quantitative estimate of drug-likeness (QED) is 0.624. The number of aromatic carboxylic acids is 1. The molecule has 0 bridgehead atoms. The molecule has 0 saturated carbocycles. The number of nitrogens with one attached hydrogen (secondary N) is 1. The molecule has 0 aliphatic rings. The molecule has 3 rings (SSSR count). The molecule has 8 nitrogen and oxygen atoms in total. The summed E-state index contributed by atoms with van der Waals surface area (Å²) in [6.07, 6.45) is 3.21. The van der Waals surface area contributed by atoms with E-state index in [-0.39, 0.29) is 11.6 Å². The Hall–Kier alpha value is -3.16. The van der Waals surface area contributed by atoms with Crippen molar-refractivity contribution in [3.8, 4) is 0 Å². The molecule has 1 aromatic carbocycles. The number of rotatable bonds is 3. The SMILES string of the molecule is Cc1cn(N=Cc2cccc3[nH]nc(C(=O)O)c23)c(N)n1. The third kappa shape index (κ3) is 2.22. The number of H-pyrrole nitrogens is 1. The molecule has 0 fully saturated rings. The van der Waals surface area contributed by atoms with Gasteiger partial charge in [-0.2, -0.15) is 10.2 Å². The van der Waals surface area contributed by atoms with Gasteiger partial charge in [-0.3, -0.25) is 5.10 Å². The highest BCUT2D eigenvalue weighted by molar-refractivity contribution is 6.08. The van der Waals surface area contributed by atoms with Gasteiger partial charge in [0.15, 0.2) is 5.69 Å². The van der Waals surface area contributed by atoms with Crippen LogP contribution in [0.5, 0.6) is 0 Å². The van der Waals surface area contributed by atoms with E-state index in [1.165, 1.54) is 10.9 Å². The van der Waals surface area contributed by atoms with Gasteiger partial charge in [-0.15, -0.1) is 0 Å². The molecule has 0 saturated heterocycles. The zero-order chi connectivity index (χ0) is 15.0. The van der Waals surface area contributed by atoms with Crippen LogP contribution in [0.25, 0.3) is 10.9 Å². The number of aryl methyl sites for hydroxylation is 1. The van der Waals surface area contributed by atoms with Gasteiger partial charge in [0.2, 0.25) is 5.95 Å². The minimum Gasteiger partial charge on any atom is -0.476 e. The minimum absolute atomic E-state index is 0.0400. The van der Waals surface area contributed by atoms with E-state index in [1.807, 2.05) is 6.92 Å². The predicted molar refractivity (Wildman–Crippen MR) is 77.4 cm³/mol. The lowest BCUT2D eigenvalue weighted by Gasteiger charge is -1.98. The molecule has 0 unspecified atom stereocenters. The molecule has 106 valence electrons. The maximum atomic E-state index is 11.2. The summed E-state index contributed by atoms with van der Waals surface area (Å²) in [5.74, 6) is -0.832. The summed E-state index contributed by atoms with van der Waals surface area (Å²) in [6.45, 7) is 1.81. The monoisotopic (exact) mass is 284 g/mol. The number of imidazole rings is 1. The highest BCUT2D eigenvalue weighted by Gasteiger charge is 2.15. The molecular formula is C13H12N6O2. The summed E-state index contributed by atoms with van der Waals surface area (Å²) in [6, 6.07) is 5.30. The van der Waals surface area contributed by atoms with Crippen LogP contribution in [0.3, 0.4) is 0 Å². The fourth-order valence-electron chi connectivity index (χ4n) is 2.08. The van der Waals surface area contributed by atoms with Gasteiger partial charge in [-0.05, 0) is 13.0 Å². The second kappa shape index (κ2) is 4.75. The third-order valence-electron chi connectivity index (χ3n) is 2.98. The molecule has 2 heterocycles. The fraction of sp³-hybridized carbons (Fsp3) is 0.0769. The Labute approximate surface area is 118 Å². The average Bonchev–Trinajstić information content (AvgIpc) is 3.00. The van der Waals surface area contributed by atoms with E-state index in [1.54, 1.807) is 24.4 Å². The number of nitrogens with two attached hydrogens (primary N) is 1. The molecule has 0 radical (unpaired) electrons. The number of nitrogens with zero attached hydrogens (tertiary/aromatic N) is 4. The summed E-state index contributed by atoms with van der Waals surface area (Å²) >= 11 is 0. The molecule has 21 heavy (non-hydrogen) atoms. The standard InChI is InChI=1S/C13H12N6O2/c1-7-6-19(13(14)16-7)15-5-8-3-2-4-9-10(8)11(12(20)21)18-17-9/h2-6H,1H3,(H2,14,16)(H,17,18)(H,20,21). The molecule has 0 spiro atoms. The average molecular weight is 284 g/mol. The summed E-state index contributed by atoms with van der Waals surface area (Å²) in [4.78, 5) is 15.2. The molecule has 3 aromatic rings. The Kier molecular flexibility index (Phi) is 2.90. The van der Waals surface area contributed by atoms with Crippen molar-refractivity contribution in [2.75, 3.05) is 5.73 Å². The van der Waals surface area contributed by atoms with Crippen molar-refractivity contribution in [1.29, 1.82) is 0 Å². The summed E-state index contributed by atoms with van der Waals surface area (Å²) in [5.41, 5.74) is 7.67. The van der Waals surface area contributed by atoms with Gasteiger partial charge in [0.25, 0.3) is 0 Å². The smallest absolute Gasteiger partial charge is 0.357 e. The van der Waals surface area contributed by atoms with Crippen LogP contribution in [0.15, 0.2) is 29.5 Å². The van der Waals surface area contributed by atoms with Crippen molar-refractivity contribution in [2.24, 2.45) is 5.10 Å². The zero-order valence-corrected chi connectivity index (χ0v) is 11.1. The Morgan fingerprint density at radius 1 is 1.52 bits per heavy atom.